The van der Waals surface area contributed by atoms with Crippen LogP contribution < -0.4 is 4.90 Å². The number of hydrogen-bond donors (Lipinski definition) is 1. The molecule has 1 aliphatic carbocycles. The summed E-state index contributed by atoms with van der Waals surface area (Å²) in [5.74, 6) is 0.835. The molecule has 0 amide bonds. The lowest BCUT2D eigenvalue weighted by Gasteiger charge is -2.26. The second kappa shape index (κ2) is 6.24. The van der Waals surface area contributed by atoms with Gasteiger partial charge in [0.1, 0.15) is 0 Å². The number of aliphatic hydroxyl groups excluding tert-OH is 1. The highest BCUT2D eigenvalue weighted by atomic mass is 16.3. The lowest BCUT2D eigenvalue weighted by molar-refractivity contribution is 0.174. The molecule has 1 aromatic rings. The molecule has 1 saturated carbocycles. The molecular formula is C16H25NO. The Morgan fingerprint density at radius 1 is 1.28 bits per heavy atom. The summed E-state index contributed by atoms with van der Waals surface area (Å²) in [4.78, 5) is 2.32. The van der Waals surface area contributed by atoms with Gasteiger partial charge in [-0.2, -0.15) is 0 Å². The highest BCUT2D eigenvalue weighted by molar-refractivity contribution is 5.54. The number of rotatable bonds is 5. The zero-order valence-electron chi connectivity index (χ0n) is 11.6. The average Bonchev–Trinajstić information content (AvgIpc) is 2.90. The van der Waals surface area contributed by atoms with Gasteiger partial charge in [-0.3, -0.25) is 0 Å². The van der Waals surface area contributed by atoms with Crippen LogP contribution in [0.1, 0.15) is 50.7 Å². The fourth-order valence-corrected chi connectivity index (χ4v) is 3.02. The minimum absolute atomic E-state index is 0.341. The summed E-state index contributed by atoms with van der Waals surface area (Å²) in [7, 11) is 2.15. The molecule has 0 radical (unpaired) electrons. The van der Waals surface area contributed by atoms with E-state index < -0.39 is 0 Å². The Bertz CT molecular complexity index is 371. The van der Waals surface area contributed by atoms with Crippen LogP contribution in [0.4, 0.5) is 5.69 Å². The van der Waals surface area contributed by atoms with Crippen LogP contribution in [0.5, 0.6) is 0 Å². The topological polar surface area (TPSA) is 23.5 Å². The molecule has 0 spiro atoms. The van der Waals surface area contributed by atoms with Crippen molar-refractivity contribution in [3.63, 3.8) is 0 Å². The summed E-state index contributed by atoms with van der Waals surface area (Å²) in [5, 5.41) is 10.1. The van der Waals surface area contributed by atoms with Crippen LogP contribution in [-0.4, -0.2) is 18.7 Å². The summed E-state index contributed by atoms with van der Waals surface area (Å²) in [6.45, 7) is 3.14. The third-order valence-electron chi connectivity index (χ3n) is 4.10. The van der Waals surface area contributed by atoms with E-state index in [0.29, 0.717) is 0 Å². The Morgan fingerprint density at radius 2 is 1.94 bits per heavy atom. The van der Waals surface area contributed by atoms with Gasteiger partial charge in [-0.25, -0.2) is 0 Å². The SMILES string of the molecule is CC[C@@H](O)c1ccccc1N(C)CC1CCCC1. The van der Waals surface area contributed by atoms with E-state index in [1.54, 1.807) is 0 Å². The standard InChI is InChI=1S/C16H25NO/c1-3-16(18)14-10-6-7-11-15(14)17(2)12-13-8-4-5-9-13/h6-7,10-11,13,16,18H,3-5,8-9,12H2,1-2H3/t16-/m1/s1. The minimum atomic E-state index is -0.341. The molecule has 2 nitrogen and oxygen atoms in total. The Labute approximate surface area is 111 Å². The zero-order valence-corrected chi connectivity index (χ0v) is 11.6. The first-order valence-electron chi connectivity index (χ1n) is 7.20. The van der Waals surface area contributed by atoms with Crippen LogP contribution in [0.25, 0.3) is 0 Å². The first-order chi connectivity index (χ1) is 8.72. The van der Waals surface area contributed by atoms with Gasteiger partial charge in [0.05, 0.1) is 6.10 Å². The number of aliphatic hydroxyl groups is 1. The molecule has 1 atom stereocenters. The van der Waals surface area contributed by atoms with Crippen LogP contribution >= 0.6 is 0 Å². The molecule has 1 N–H and O–H groups in total. The molecule has 0 bridgehead atoms. The van der Waals surface area contributed by atoms with Crippen LogP contribution in [0.2, 0.25) is 0 Å². The molecule has 0 saturated heterocycles. The molecule has 18 heavy (non-hydrogen) atoms. The molecule has 1 fully saturated rings. The molecule has 0 aromatic heterocycles. The van der Waals surface area contributed by atoms with Crippen molar-refractivity contribution in [3.8, 4) is 0 Å². The van der Waals surface area contributed by atoms with Gasteiger partial charge in [0, 0.05) is 24.8 Å². The molecule has 0 unspecified atom stereocenters. The quantitative estimate of drug-likeness (QED) is 0.856. The maximum absolute atomic E-state index is 10.1. The smallest absolute Gasteiger partial charge is 0.0807 e. The third kappa shape index (κ3) is 3.05. The molecule has 0 heterocycles. The zero-order chi connectivity index (χ0) is 13.0. The lowest BCUT2D eigenvalue weighted by atomic mass is 10.0. The predicted octanol–water partition coefficient (Wildman–Crippen LogP) is 3.76. The summed E-state index contributed by atoms with van der Waals surface area (Å²) in [5.41, 5.74) is 2.26. The predicted molar refractivity (Wildman–Crippen MR) is 76.9 cm³/mol. The van der Waals surface area contributed by atoms with Crippen molar-refractivity contribution in [1.82, 2.24) is 0 Å². The molecular weight excluding hydrogens is 222 g/mol. The van der Waals surface area contributed by atoms with Crippen molar-refractivity contribution in [2.75, 3.05) is 18.5 Å². The number of para-hydroxylation sites is 1. The first-order valence-corrected chi connectivity index (χ1v) is 7.20. The van der Waals surface area contributed by atoms with Crippen molar-refractivity contribution < 1.29 is 5.11 Å². The fraction of sp³-hybridized carbons (Fsp3) is 0.625. The normalized spacial score (nSPS) is 17.9. The van der Waals surface area contributed by atoms with Crippen molar-refractivity contribution in [3.05, 3.63) is 29.8 Å². The van der Waals surface area contributed by atoms with Crippen LogP contribution in [-0.2, 0) is 0 Å². The van der Waals surface area contributed by atoms with Crippen LogP contribution in [0.3, 0.4) is 0 Å². The van der Waals surface area contributed by atoms with E-state index in [4.69, 9.17) is 0 Å². The summed E-state index contributed by atoms with van der Waals surface area (Å²) in [6, 6.07) is 8.26. The van der Waals surface area contributed by atoms with Gasteiger partial charge in [-0.1, -0.05) is 38.0 Å². The second-order valence-electron chi connectivity index (χ2n) is 5.51. The monoisotopic (exact) mass is 247 g/mol. The summed E-state index contributed by atoms with van der Waals surface area (Å²) >= 11 is 0. The molecule has 1 aromatic carbocycles. The Balaban J connectivity index is 2.10. The summed E-state index contributed by atoms with van der Waals surface area (Å²) in [6.07, 6.45) is 5.93. The number of hydrogen-bond acceptors (Lipinski definition) is 2. The van der Waals surface area contributed by atoms with Crippen LogP contribution in [0.15, 0.2) is 24.3 Å². The van der Waals surface area contributed by atoms with Crippen molar-refractivity contribution >= 4 is 5.69 Å². The lowest BCUT2D eigenvalue weighted by Crippen LogP contribution is -2.25. The minimum Gasteiger partial charge on any atom is -0.388 e. The van der Waals surface area contributed by atoms with Gasteiger partial charge in [0.25, 0.3) is 0 Å². The maximum Gasteiger partial charge on any atom is 0.0807 e. The van der Waals surface area contributed by atoms with E-state index in [0.717, 1.165) is 24.4 Å². The number of benzene rings is 1. The maximum atomic E-state index is 10.1. The number of anilines is 1. The Morgan fingerprint density at radius 3 is 2.61 bits per heavy atom. The average molecular weight is 247 g/mol. The molecule has 2 heteroatoms. The first kappa shape index (κ1) is 13.4. The molecule has 100 valence electrons. The van der Waals surface area contributed by atoms with Gasteiger partial charge in [0.2, 0.25) is 0 Å². The van der Waals surface area contributed by atoms with E-state index in [1.165, 1.54) is 31.4 Å². The Kier molecular flexibility index (Phi) is 4.65. The van der Waals surface area contributed by atoms with Gasteiger partial charge < -0.3 is 10.0 Å². The second-order valence-corrected chi connectivity index (χ2v) is 5.51. The Hall–Kier alpha value is -1.02. The molecule has 2 rings (SSSR count). The van der Waals surface area contributed by atoms with E-state index in [-0.39, 0.29) is 6.10 Å². The third-order valence-corrected chi connectivity index (χ3v) is 4.10. The van der Waals surface area contributed by atoms with Gasteiger partial charge in [-0.15, -0.1) is 0 Å². The van der Waals surface area contributed by atoms with Crippen molar-refractivity contribution in [2.24, 2.45) is 5.92 Å². The highest BCUT2D eigenvalue weighted by Crippen LogP contribution is 2.31. The van der Waals surface area contributed by atoms with E-state index in [1.807, 2.05) is 13.0 Å². The fourth-order valence-electron chi connectivity index (χ4n) is 3.02. The van der Waals surface area contributed by atoms with Crippen LogP contribution in [0, 0.1) is 5.92 Å². The van der Waals surface area contributed by atoms with E-state index in [2.05, 4.69) is 30.1 Å². The molecule has 1 aliphatic rings. The number of nitrogens with zero attached hydrogens (tertiary/aromatic N) is 1. The largest absolute Gasteiger partial charge is 0.388 e. The highest BCUT2D eigenvalue weighted by Gasteiger charge is 2.19. The van der Waals surface area contributed by atoms with E-state index in [9.17, 15) is 5.11 Å². The van der Waals surface area contributed by atoms with E-state index >= 15 is 0 Å². The van der Waals surface area contributed by atoms with Gasteiger partial charge in [0.15, 0.2) is 0 Å². The van der Waals surface area contributed by atoms with Crippen molar-refractivity contribution in [2.45, 2.75) is 45.1 Å². The molecule has 0 aliphatic heterocycles. The van der Waals surface area contributed by atoms with Gasteiger partial charge >= 0.3 is 0 Å². The van der Waals surface area contributed by atoms with Gasteiger partial charge in [-0.05, 0) is 31.2 Å². The van der Waals surface area contributed by atoms with Crippen molar-refractivity contribution in [1.29, 1.82) is 0 Å². The summed E-state index contributed by atoms with van der Waals surface area (Å²) < 4.78 is 0.